The van der Waals surface area contributed by atoms with Crippen molar-refractivity contribution in [2.75, 3.05) is 0 Å². The number of rotatable bonds is 2. The molecule has 0 radical (unpaired) electrons. The van der Waals surface area contributed by atoms with Crippen LogP contribution in [0.2, 0.25) is 0 Å². The summed E-state index contributed by atoms with van der Waals surface area (Å²) in [6.45, 7) is 9.92. The number of aryl methyl sites for hydroxylation is 2. The Morgan fingerprint density at radius 2 is 1.60 bits per heavy atom. The van der Waals surface area contributed by atoms with Gasteiger partial charge in [-0.05, 0) is 40.2 Å². The molecule has 1 atom stereocenters. The molecule has 0 aromatic heterocycles. The maximum absolute atomic E-state index is 10.3. The molecule has 0 saturated carbocycles. The molecule has 1 nitrogen and oxygen atoms in total. The summed E-state index contributed by atoms with van der Waals surface area (Å²) in [4.78, 5) is 0. The molecule has 82 valence electrons. The van der Waals surface area contributed by atoms with Crippen LogP contribution in [0, 0.1) is 13.8 Å². The highest BCUT2D eigenvalue weighted by Crippen LogP contribution is 2.25. The Morgan fingerprint density at radius 3 is 2.00 bits per heavy atom. The normalized spacial score (nSPS) is 14.5. The molecular formula is C14H20O. The Balaban J connectivity index is 3.20. The molecule has 15 heavy (non-hydrogen) atoms. The molecule has 0 bridgehead atoms. The Kier molecular flexibility index (Phi) is 3.35. The van der Waals surface area contributed by atoms with Crippen molar-refractivity contribution >= 4 is 0 Å². The van der Waals surface area contributed by atoms with Crippen molar-refractivity contribution in [1.29, 1.82) is 0 Å². The van der Waals surface area contributed by atoms with Crippen molar-refractivity contribution in [3.05, 3.63) is 46.5 Å². The van der Waals surface area contributed by atoms with Gasteiger partial charge in [0.05, 0.1) is 0 Å². The summed E-state index contributed by atoms with van der Waals surface area (Å²) in [5.41, 5.74) is 3.59. The molecular weight excluding hydrogens is 184 g/mol. The Hall–Kier alpha value is -1.08. The van der Waals surface area contributed by atoms with Gasteiger partial charge in [-0.15, -0.1) is 0 Å². The van der Waals surface area contributed by atoms with Crippen molar-refractivity contribution < 1.29 is 5.11 Å². The zero-order chi connectivity index (χ0) is 11.6. The second kappa shape index (κ2) is 4.19. The predicted molar refractivity (Wildman–Crippen MR) is 64.9 cm³/mol. The van der Waals surface area contributed by atoms with Gasteiger partial charge >= 0.3 is 0 Å². The van der Waals surface area contributed by atoms with Gasteiger partial charge in [-0.1, -0.05) is 41.0 Å². The van der Waals surface area contributed by atoms with Crippen molar-refractivity contribution in [1.82, 2.24) is 0 Å². The van der Waals surface area contributed by atoms with E-state index in [1.165, 1.54) is 11.1 Å². The van der Waals surface area contributed by atoms with Crippen LogP contribution in [0.3, 0.4) is 0 Å². The molecule has 1 heteroatoms. The third-order valence-corrected chi connectivity index (χ3v) is 2.38. The first-order valence-corrected chi connectivity index (χ1v) is 5.28. The molecule has 1 unspecified atom stereocenters. The zero-order valence-electron chi connectivity index (χ0n) is 10.3. The van der Waals surface area contributed by atoms with Crippen LogP contribution in [0.1, 0.15) is 37.5 Å². The quantitative estimate of drug-likeness (QED) is 0.731. The van der Waals surface area contributed by atoms with Crippen molar-refractivity contribution in [2.45, 2.75) is 40.2 Å². The number of hydrogen-bond donors (Lipinski definition) is 1. The van der Waals surface area contributed by atoms with E-state index in [2.05, 4.69) is 19.9 Å². The minimum atomic E-state index is -0.865. The molecule has 1 rings (SSSR count). The molecule has 0 saturated heterocycles. The van der Waals surface area contributed by atoms with Crippen LogP contribution in [-0.4, -0.2) is 5.11 Å². The van der Waals surface area contributed by atoms with E-state index in [0.29, 0.717) is 0 Å². The van der Waals surface area contributed by atoms with Crippen molar-refractivity contribution in [2.24, 2.45) is 0 Å². The van der Waals surface area contributed by atoms with Crippen LogP contribution in [0.25, 0.3) is 0 Å². The highest BCUT2D eigenvalue weighted by atomic mass is 16.3. The lowest BCUT2D eigenvalue weighted by Gasteiger charge is -2.21. The fourth-order valence-electron chi connectivity index (χ4n) is 1.91. The molecule has 1 N–H and O–H groups in total. The summed E-state index contributed by atoms with van der Waals surface area (Å²) in [5, 5.41) is 10.3. The van der Waals surface area contributed by atoms with Gasteiger partial charge in [-0.25, -0.2) is 0 Å². The SMILES string of the molecule is CC(C)=CC(C)(O)c1cc(C)cc(C)c1. The zero-order valence-corrected chi connectivity index (χ0v) is 10.3. The van der Waals surface area contributed by atoms with Gasteiger partial charge in [0.2, 0.25) is 0 Å². The maximum atomic E-state index is 10.3. The van der Waals surface area contributed by atoms with Gasteiger partial charge in [0.1, 0.15) is 5.60 Å². The minimum absolute atomic E-state index is 0.865. The van der Waals surface area contributed by atoms with Crippen molar-refractivity contribution in [3.63, 3.8) is 0 Å². The average Bonchev–Trinajstić information content (AvgIpc) is 1.99. The molecule has 0 spiro atoms. The van der Waals surface area contributed by atoms with Gasteiger partial charge in [-0.2, -0.15) is 0 Å². The number of allylic oxidation sites excluding steroid dienone is 1. The molecule has 0 aliphatic rings. The molecule has 0 aliphatic carbocycles. The Bertz CT molecular complexity index is 362. The van der Waals surface area contributed by atoms with Crippen LogP contribution < -0.4 is 0 Å². The average molecular weight is 204 g/mol. The van der Waals surface area contributed by atoms with Crippen LogP contribution in [0.5, 0.6) is 0 Å². The summed E-state index contributed by atoms with van der Waals surface area (Å²) < 4.78 is 0. The Morgan fingerprint density at radius 1 is 1.13 bits per heavy atom. The molecule has 1 aromatic carbocycles. The lowest BCUT2D eigenvalue weighted by molar-refractivity contribution is 0.110. The van der Waals surface area contributed by atoms with E-state index in [1.54, 1.807) is 0 Å². The highest BCUT2D eigenvalue weighted by molar-refractivity contribution is 5.35. The molecule has 0 amide bonds. The van der Waals surface area contributed by atoms with Gasteiger partial charge < -0.3 is 5.11 Å². The van der Waals surface area contributed by atoms with Crippen molar-refractivity contribution in [3.8, 4) is 0 Å². The van der Waals surface area contributed by atoms with Gasteiger partial charge in [0.15, 0.2) is 0 Å². The lowest BCUT2D eigenvalue weighted by atomic mass is 9.91. The number of hydrogen-bond acceptors (Lipinski definition) is 1. The fraction of sp³-hybridized carbons (Fsp3) is 0.429. The minimum Gasteiger partial charge on any atom is -0.381 e. The van der Waals surface area contributed by atoms with E-state index in [1.807, 2.05) is 39.0 Å². The topological polar surface area (TPSA) is 20.2 Å². The third kappa shape index (κ3) is 3.21. The monoisotopic (exact) mass is 204 g/mol. The predicted octanol–water partition coefficient (Wildman–Crippen LogP) is 3.48. The highest BCUT2D eigenvalue weighted by Gasteiger charge is 2.20. The summed E-state index contributed by atoms with van der Waals surface area (Å²) in [6.07, 6.45) is 1.89. The molecule has 0 aliphatic heterocycles. The first-order chi connectivity index (χ1) is 6.81. The third-order valence-electron chi connectivity index (χ3n) is 2.38. The summed E-state index contributed by atoms with van der Waals surface area (Å²) >= 11 is 0. The van der Waals surface area contributed by atoms with E-state index < -0.39 is 5.60 Å². The standard InChI is InChI=1S/C14H20O/c1-10(2)9-14(5,15)13-7-11(3)6-12(4)8-13/h6-9,15H,1-5H3. The maximum Gasteiger partial charge on any atom is 0.105 e. The largest absolute Gasteiger partial charge is 0.381 e. The van der Waals surface area contributed by atoms with Gasteiger partial charge in [0, 0.05) is 0 Å². The number of benzene rings is 1. The molecule has 0 heterocycles. The number of aliphatic hydroxyl groups is 1. The first kappa shape index (κ1) is 12.0. The van der Waals surface area contributed by atoms with Gasteiger partial charge in [0.25, 0.3) is 0 Å². The summed E-state index contributed by atoms with van der Waals surface area (Å²) in [6, 6.07) is 6.18. The first-order valence-electron chi connectivity index (χ1n) is 5.28. The van der Waals surface area contributed by atoms with E-state index in [0.717, 1.165) is 11.1 Å². The summed E-state index contributed by atoms with van der Waals surface area (Å²) in [5.74, 6) is 0. The molecule has 0 fully saturated rings. The van der Waals surface area contributed by atoms with Crippen LogP contribution in [0.4, 0.5) is 0 Å². The Labute approximate surface area is 92.5 Å². The second-order valence-electron chi connectivity index (χ2n) is 4.75. The van der Waals surface area contributed by atoms with Crippen LogP contribution >= 0.6 is 0 Å². The van der Waals surface area contributed by atoms with E-state index in [-0.39, 0.29) is 0 Å². The van der Waals surface area contributed by atoms with Crippen LogP contribution in [-0.2, 0) is 5.60 Å². The van der Waals surface area contributed by atoms with E-state index in [9.17, 15) is 5.11 Å². The second-order valence-corrected chi connectivity index (χ2v) is 4.75. The smallest absolute Gasteiger partial charge is 0.105 e. The van der Waals surface area contributed by atoms with E-state index >= 15 is 0 Å². The fourth-order valence-corrected chi connectivity index (χ4v) is 1.91. The van der Waals surface area contributed by atoms with Gasteiger partial charge in [-0.3, -0.25) is 0 Å². The molecule has 1 aromatic rings. The summed E-state index contributed by atoms with van der Waals surface area (Å²) in [7, 11) is 0. The van der Waals surface area contributed by atoms with E-state index in [4.69, 9.17) is 0 Å². The van der Waals surface area contributed by atoms with Crippen LogP contribution in [0.15, 0.2) is 29.8 Å². The lowest BCUT2D eigenvalue weighted by Crippen LogP contribution is -2.18.